The zero-order valence-electron chi connectivity index (χ0n) is 14.1. The summed E-state index contributed by atoms with van der Waals surface area (Å²) in [7, 11) is 0. The number of fused-ring (bicyclic) bond motifs is 1. The molecule has 0 atom stereocenters. The van der Waals surface area contributed by atoms with Gasteiger partial charge in [-0.15, -0.1) is 0 Å². The summed E-state index contributed by atoms with van der Waals surface area (Å²) in [6, 6.07) is 6.19. The molecule has 2 saturated heterocycles. The van der Waals surface area contributed by atoms with Gasteiger partial charge < -0.3 is 15.1 Å². The van der Waals surface area contributed by atoms with E-state index in [1.165, 1.54) is 12.1 Å². The molecular weight excluding hydrogens is 314 g/mol. The molecule has 25 heavy (non-hydrogen) atoms. The van der Waals surface area contributed by atoms with Crippen LogP contribution in [0.4, 0.5) is 11.6 Å². The lowest BCUT2D eigenvalue weighted by Gasteiger charge is -2.33. The second-order valence-corrected chi connectivity index (χ2v) is 6.58. The molecule has 0 aliphatic carbocycles. The predicted octanol–water partition coefficient (Wildman–Crippen LogP) is 1.41. The smallest absolute Gasteiger partial charge is 0.225 e. The van der Waals surface area contributed by atoms with Gasteiger partial charge in [-0.25, -0.2) is 15.0 Å². The highest BCUT2D eigenvalue weighted by Crippen LogP contribution is 2.25. The van der Waals surface area contributed by atoms with Crippen LogP contribution in [-0.2, 0) is 0 Å². The minimum absolute atomic E-state index is 0.799. The lowest BCUT2D eigenvalue weighted by molar-refractivity contribution is 0.580. The summed E-state index contributed by atoms with van der Waals surface area (Å²) in [5.41, 5.74) is 4.11. The highest BCUT2D eigenvalue weighted by molar-refractivity contribution is 5.64. The fourth-order valence-electron chi connectivity index (χ4n) is 3.43. The number of imidazole rings is 1. The summed E-state index contributed by atoms with van der Waals surface area (Å²) in [4.78, 5) is 18.4. The van der Waals surface area contributed by atoms with E-state index in [9.17, 15) is 0 Å². The Labute approximate surface area is 146 Å². The maximum Gasteiger partial charge on any atom is 0.225 e. The van der Waals surface area contributed by atoms with Crippen LogP contribution in [0.25, 0.3) is 17.0 Å². The van der Waals surface area contributed by atoms with Crippen molar-refractivity contribution in [3.63, 3.8) is 0 Å². The zero-order chi connectivity index (χ0) is 16.6. The van der Waals surface area contributed by atoms with Crippen LogP contribution in [0.2, 0.25) is 0 Å². The topological polar surface area (TPSA) is 61.6 Å². The molecule has 0 amide bonds. The molecule has 0 saturated carbocycles. The molecule has 0 bridgehead atoms. The van der Waals surface area contributed by atoms with Crippen molar-refractivity contribution in [3.8, 4) is 11.4 Å². The minimum atomic E-state index is 0.799. The standard InChI is InChI=1S/C18H21N7/c1-8-23(9-1)14-2-3-17-21-12-16(25(17)13-14)15-4-5-20-18(22-15)24-10-6-19-7-11-24/h2-5,12-13,19H,1,6-11H2. The second kappa shape index (κ2) is 6.00. The number of piperazine rings is 1. The van der Waals surface area contributed by atoms with Crippen LogP contribution in [0, 0.1) is 0 Å². The first-order valence-corrected chi connectivity index (χ1v) is 8.90. The van der Waals surface area contributed by atoms with E-state index in [1.807, 2.05) is 18.5 Å². The first-order valence-electron chi connectivity index (χ1n) is 8.90. The van der Waals surface area contributed by atoms with Gasteiger partial charge in [0.25, 0.3) is 0 Å². The van der Waals surface area contributed by atoms with Gasteiger partial charge in [-0.2, -0.15) is 0 Å². The molecule has 5 rings (SSSR count). The van der Waals surface area contributed by atoms with Gasteiger partial charge >= 0.3 is 0 Å². The molecule has 3 aromatic heterocycles. The van der Waals surface area contributed by atoms with Crippen molar-refractivity contribution in [1.29, 1.82) is 0 Å². The lowest BCUT2D eigenvalue weighted by atomic mass is 10.2. The van der Waals surface area contributed by atoms with Gasteiger partial charge in [0.1, 0.15) is 5.65 Å². The number of aromatic nitrogens is 4. The Bertz CT molecular complexity index is 893. The summed E-state index contributed by atoms with van der Waals surface area (Å²) in [5, 5.41) is 3.36. The zero-order valence-corrected chi connectivity index (χ0v) is 14.1. The van der Waals surface area contributed by atoms with E-state index in [-0.39, 0.29) is 0 Å². The van der Waals surface area contributed by atoms with Crippen molar-refractivity contribution in [1.82, 2.24) is 24.7 Å². The molecule has 0 radical (unpaired) electrons. The summed E-state index contributed by atoms with van der Waals surface area (Å²) >= 11 is 0. The van der Waals surface area contributed by atoms with Gasteiger partial charge in [-0.1, -0.05) is 0 Å². The summed E-state index contributed by atoms with van der Waals surface area (Å²) in [6.45, 7) is 6.10. The lowest BCUT2D eigenvalue weighted by Crippen LogP contribution is -2.44. The molecule has 128 valence electrons. The number of anilines is 2. The van der Waals surface area contributed by atoms with Crippen LogP contribution in [0.1, 0.15) is 6.42 Å². The van der Waals surface area contributed by atoms with Crippen molar-refractivity contribution in [2.24, 2.45) is 0 Å². The third-order valence-corrected chi connectivity index (χ3v) is 5.02. The fraction of sp³-hybridized carbons (Fsp3) is 0.389. The maximum atomic E-state index is 4.81. The third kappa shape index (κ3) is 2.60. The Hall–Kier alpha value is -2.67. The second-order valence-electron chi connectivity index (χ2n) is 6.58. The van der Waals surface area contributed by atoms with Crippen molar-refractivity contribution in [3.05, 3.63) is 36.8 Å². The Morgan fingerprint density at radius 3 is 2.60 bits per heavy atom. The molecule has 1 N–H and O–H groups in total. The van der Waals surface area contributed by atoms with Gasteiger partial charge in [0.05, 0.1) is 23.3 Å². The van der Waals surface area contributed by atoms with Crippen molar-refractivity contribution < 1.29 is 0 Å². The van der Waals surface area contributed by atoms with E-state index in [0.717, 1.165) is 62.3 Å². The fourth-order valence-corrected chi connectivity index (χ4v) is 3.43. The molecule has 0 unspecified atom stereocenters. The van der Waals surface area contributed by atoms with E-state index in [0.29, 0.717) is 0 Å². The van der Waals surface area contributed by atoms with Crippen molar-refractivity contribution in [2.45, 2.75) is 6.42 Å². The van der Waals surface area contributed by atoms with Crippen LogP contribution < -0.4 is 15.1 Å². The molecular formula is C18H21N7. The number of nitrogens with zero attached hydrogens (tertiary/aromatic N) is 6. The van der Waals surface area contributed by atoms with Crippen molar-refractivity contribution in [2.75, 3.05) is 49.1 Å². The largest absolute Gasteiger partial charge is 0.370 e. The van der Waals surface area contributed by atoms with E-state index in [1.54, 1.807) is 0 Å². The number of pyridine rings is 1. The van der Waals surface area contributed by atoms with Gasteiger partial charge in [-0.05, 0) is 24.6 Å². The molecule has 0 spiro atoms. The van der Waals surface area contributed by atoms with Crippen LogP contribution in [-0.4, -0.2) is 58.6 Å². The highest BCUT2D eigenvalue weighted by Gasteiger charge is 2.17. The number of rotatable bonds is 3. The molecule has 0 aromatic carbocycles. The summed E-state index contributed by atoms with van der Waals surface area (Å²) in [5.74, 6) is 0.799. The van der Waals surface area contributed by atoms with E-state index in [4.69, 9.17) is 4.98 Å². The van der Waals surface area contributed by atoms with Gasteiger partial charge in [0, 0.05) is 51.7 Å². The van der Waals surface area contributed by atoms with E-state index < -0.39 is 0 Å². The van der Waals surface area contributed by atoms with Gasteiger partial charge in [-0.3, -0.25) is 4.40 Å². The molecule has 5 heterocycles. The summed E-state index contributed by atoms with van der Waals surface area (Å²) in [6.07, 6.45) is 7.19. The Morgan fingerprint density at radius 2 is 1.80 bits per heavy atom. The minimum Gasteiger partial charge on any atom is -0.370 e. The average molecular weight is 335 g/mol. The number of nitrogens with one attached hydrogen (secondary N) is 1. The quantitative estimate of drug-likeness (QED) is 0.781. The predicted molar refractivity (Wildman–Crippen MR) is 98.1 cm³/mol. The molecule has 7 nitrogen and oxygen atoms in total. The van der Waals surface area contributed by atoms with Crippen LogP contribution in [0.5, 0.6) is 0 Å². The Kier molecular flexibility index (Phi) is 3.52. The average Bonchev–Trinajstić information content (AvgIpc) is 3.04. The van der Waals surface area contributed by atoms with Crippen molar-refractivity contribution >= 4 is 17.3 Å². The monoisotopic (exact) mass is 335 g/mol. The van der Waals surface area contributed by atoms with Gasteiger partial charge in [0.2, 0.25) is 5.95 Å². The first kappa shape index (κ1) is 14.7. The highest BCUT2D eigenvalue weighted by atomic mass is 15.3. The normalized spacial score (nSPS) is 17.8. The number of hydrogen-bond acceptors (Lipinski definition) is 6. The summed E-state index contributed by atoms with van der Waals surface area (Å²) < 4.78 is 2.14. The molecule has 2 aliphatic rings. The molecule has 7 heteroatoms. The van der Waals surface area contributed by atoms with Crippen LogP contribution in [0.15, 0.2) is 36.8 Å². The Morgan fingerprint density at radius 1 is 0.920 bits per heavy atom. The molecule has 2 fully saturated rings. The Balaban J connectivity index is 1.53. The van der Waals surface area contributed by atoms with E-state index in [2.05, 4.69) is 47.8 Å². The third-order valence-electron chi connectivity index (χ3n) is 5.02. The number of hydrogen-bond donors (Lipinski definition) is 1. The van der Waals surface area contributed by atoms with E-state index >= 15 is 0 Å². The van der Waals surface area contributed by atoms with Crippen LogP contribution in [0.3, 0.4) is 0 Å². The van der Waals surface area contributed by atoms with Crippen LogP contribution >= 0.6 is 0 Å². The first-order chi connectivity index (χ1) is 12.4. The molecule has 3 aromatic rings. The maximum absolute atomic E-state index is 4.81. The molecule has 2 aliphatic heterocycles. The SMILES string of the molecule is c1cc(-c2cnc3ccc(N4CCC4)cn23)nc(N2CCNCC2)n1. The van der Waals surface area contributed by atoms with Gasteiger partial charge in [0.15, 0.2) is 0 Å².